The first-order valence-corrected chi connectivity index (χ1v) is 6.22. The number of amides is 1. The third-order valence-corrected chi connectivity index (χ3v) is 2.84. The van der Waals surface area contributed by atoms with Gasteiger partial charge in [0.25, 0.3) is 0 Å². The molecule has 1 aliphatic carbocycles. The summed E-state index contributed by atoms with van der Waals surface area (Å²) in [6.07, 6.45) is 6.20. The van der Waals surface area contributed by atoms with Gasteiger partial charge in [0.1, 0.15) is 0 Å². The molecule has 1 rings (SSSR count). The van der Waals surface area contributed by atoms with Crippen LogP contribution in [0.5, 0.6) is 0 Å². The summed E-state index contributed by atoms with van der Waals surface area (Å²) in [6, 6.07) is 0.313. The van der Waals surface area contributed by atoms with E-state index in [1.807, 2.05) is 0 Å². The second-order valence-electron chi connectivity index (χ2n) is 4.67. The molecule has 3 heteroatoms. The van der Waals surface area contributed by atoms with E-state index in [0.717, 1.165) is 25.3 Å². The number of rotatable bonds is 8. The molecule has 1 fully saturated rings. The maximum Gasteiger partial charge on any atom is 0.234 e. The van der Waals surface area contributed by atoms with E-state index < -0.39 is 0 Å². The van der Waals surface area contributed by atoms with E-state index in [4.69, 9.17) is 0 Å². The third-order valence-electron chi connectivity index (χ3n) is 2.84. The molecular formula is C12H24N2O. The topological polar surface area (TPSA) is 41.1 Å². The van der Waals surface area contributed by atoms with Crippen LogP contribution < -0.4 is 10.6 Å². The Balaban J connectivity index is 1.92. The van der Waals surface area contributed by atoms with Crippen LogP contribution in [0.2, 0.25) is 0 Å². The number of hydrogen-bond acceptors (Lipinski definition) is 2. The normalized spacial score (nSPS) is 17.5. The van der Waals surface area contributed by atoms with E-state index >= 15 is 0 Å². The second kappa shape index (κ2) is 6.83. The predicted molar refractivity (Wildman–Crippen MR) is 62.7 cm³/mol. The summed E-state index contributed by atoms with van der Waals surface area (Å²) in [5, 5.41) is 6.18. The molecule has 0 radical (unpaired) electrons. The number of hydrogen-bond donors (Lipinski definition) is 2. The lowest BCUT2D eigenvalue weighted by atomic mass is 10.2. The van der Waals surface area contributed by atoms with Crippen molar-refractivity contribution in [3.63, 3.8) is 0 Å². The van der Waals surface area contributed by atoms with E-state index in [1.165, 1.54) is 19.3 Å². The van der Waals surface area contributed by atoms with Crippen LogP contribution in [-0.2, 0) is 4.79 Å². The molecule has 2 N–H and O–H groups in total. The smallest absolute Gasteiger partial charge is 0.234 e. The SMILES string of the molecule is CCCC(C)NC(=O)CNCCC1CC1. The van der Waals surface area contributed by atoms with E-state index in [9.17, 15) is 4.79 Å². The summed E-state index contributed by atoms with van der Waals surface area (Å²) < 4.78 is 0. The standard InChI is InChI=1S/C12H24N2O/c1-3-4-10(2)14-12(15)9-13-8-7-11-5-6-11/h10-11,13H,3-9H2,1-2H3,(H,14,15). The van der Waals surface area contributed by atoms with Crippen molar-refractivity contribution >= 4 is 5.91 Å². The van der Waals surface area contributed by atoms with Gasteiger partial charge in [0.2, 0.25) is 5.91 Å². The van der Waals surface area contributed by atoms with Gasteiger partial charge in [-0.1, -0.05) is 26.2 Å². The minimum atomic E-state index is 0.131. The Morgan fingerprint density at radius 2 is 2.20 bits per heavy atom. The minimum Gasteiger partial charge on any atom is -0.353 e. The maximum absolute atomic E-state index is 11.4. The van der Waals surface area contributed by atoms with Gasteiger partial charge in [-0.15, -0.1) is 0 Å². The molecule has 0 aromatic heterocycles. The molecule has 0 bridgehead atoms. The van der Waals surface area contributed by atoms with Gasteiger partial charge in [-0.05, 0) is 32.2 Å². The van der Waals surface area contributed by atoms with Gasteiger partial charge in [-0.25, -0.2) is 0 Å². The Labute approximate surface area is 93.0 Å². The molecule has 1 saturated carbocycles. The third kappa shape index (κ3) is 6.50. The number of nitrogens with one attached hydrogen (secondary N) is 2. The predicted octanol–water partition coefficient (Wildman–Crippen LogP) is 1.68. The highest BCUT2D eigenvalue weighted by molar-refractivity contribution is 5.78. The highest BCUT2D eigenvalue weighted by atomic mass is 16.1. The molecule has 1 amide bonds. The van der Waals surface area contributed by atoms with Crippen LogP contribution in [0, 0.1) is 5.92 Å². The maximum atomic E-state index is 11.4. The van der Waals surface area contributed by atoms with Crippen molar-refractivity contribution < 1.29 is 4.79 Å². The zero-order chi connectivity index (χ0) is 11.1. The van der Waals surface area contributed by atoms with Gasteiger partial charge in [0.05, 0.1) is 6.54 Å². The first-order chi connectivity index (χ1) is 7.22. The summed E-state index contributed by atoms with van der Waals surface area (Å²) in [6.45, 7) is 5.66. The molecule has 0 saturated heterocycles. The first kappa shape index (κ1) is 12.5. The van der Waals surface area contributed by atoms with E-state index in [2.05, 4.69) is 24.5 Å². The Morgan fingerprint density at radius 3 is 2.80 bits per heavy atom. The molecule has 1 aliphatic rings. The molecule has 0 aromatic carbocycles. The largest absolute Gasteiger partial charge is 0.353 e. The Morgan fingerprint density at radius 1 is 1.47 bits per heavy atom. The lowest BCUT2D eigenvalue weighted by Gasteiger charge is -2.12. The molecule has 88 valence electrons. The number of carbonyl (C=O) groups is 1. The van der Waals surface area contributed by atoms with Crippen molar-refractivity contribution in [1.82, 2.24) is 10.6 Å². The molecule has 0 aliphatic heterocycles. The lowest BCUT2D eigenvalue weighted by molar-refractivity contribution is -0.120. The molecule has 1 unspecified atom stereocenters. The van der Waals surface area contributed by atoms with Gasteiger partial charge in [-0.2, -0.15) is 0 Å². The molecule has 15 heavy (non-hydrogen) atoms. The minimum absolute atomic E-state index is 0.131. The van der Waals surface area contributed by atoms with Crippen molar-refractivity contribution in [2.24, 2.45) is 5.92 Å². The zero-order valence-corrected chi connectivity index (χ0v) is 10.0. The number of carbonyl (C=O) groups excluding carboxylic acids is 1. The average molecular weight is 212 g/mol. The zero-order valence-electron chi connectivity index (χ0n) is 10.0. The van der Waals surface area contributed by atoms with Crippen LogP contribution in [0.15, 0.2) is 0 Å². The summed E-state index contributed by atoms with van der Waals surface area (Å²) in [7, 11) is 0. The van der Waals surface area contributed by atoms with Crippen LogP contribution in [0.3, 0.4) is 0 Å². The summed E-state index contributed by atoms with van der Waals surface area (Å²) >= 11 is 0. The second-order valence-corrected chi connectivity index (χ2v) is 4.67. The van der Waals surface area contributed by atoms with Crippen molar-refractivity contribution in [3.05, 3.63) is 0 Å². The molecule has 0 spiro atoms. The summed E-state index contributed by atoms with van der Waals surface area (Å²) in [5.41, 5.74) is 0. The van der Waals surface area contributed by atoms with Crippen molar-refractivity contribution in [1.29, 1.82) is 0 Å². The van der Waals surface area contributed by atoms with Gasteiger partial charge < -0.3 is 10.6 Å². The van der Waals surface area contributed by atoms with Crippen LogP contribution in [-0.4, -0.2) is 25.0 Å². The molecule has 3 nitrogen and oxygen atoms in total. The van der Waals surface area contributed by atoms with Crippen LogP contribution in [0.25, 0.3) is 0 Å². The molecule has 1 atom stereocenters. The van der Waals surface area contributed by atoms with Crippen LogP contribution in [0.4, 0.5) is 0 Å². The molecule has 0 aromatic rings. The van der Waals surface area contributed by atoms with Gasteiger partial charge in [-0.3, -0.25) is 4.79 Å². The fourth-order valence-electron chi connectivity index (χ4n) is 1.75. The fraction of sp³-hybridized carbons (Fsp3) is 0.917. The lowest BCUT2D eigenvalue weighted by Crippen LogP contribution is -2.39. The van der Waals surface area contributed by atoms with Crippen molar-refractivity contribution in [2.45, 2.75) is 52.0 Å². The first-order valence-electron chi connectivity index (χ1n) is 6.22. The van der Waals surface area contributed by atoms with E-state index in [-0.39, 0.29) is 5.91 Å². The van der Waals surface area contributed by atoms with E-state index in [1.54, 1.807) is 0 Å². The van der Waals surface area contributed by atoms with Crippen LogP contribution >= 0.6 is 0 Å². The monoisotopic (exact) mass is 212 g/mol. The summed E-state index contributed by atoms with van der Waals surface area (Å²) in [5.74, 6) is 1.08. The summed E-state index contributed by atoms with van der Waals surface area (Å²) in [4.78, 5) is 11.4. The highest BCUT2D eigenvalue weighted by Crippen LogP contribution is 2.31. The van der Waals surface area contributed by atoms with Crippen molar-refractivity contribution in [2.75, 3.05) is 13.1 Å². The Kier molecular flexibility index (Phi) is 5.69. The average Bonchev–Trinajstić information content (AvgIpc) is 2.96. The van der Waals surface area contributed by atoms with Gasteiger partial charge >= 0.3 is 0 Å². The highest BCUT2D eigenvalue weighted by Gasteiger charge is 2.20. The van der Waals surface area contributed by atoms with E-state index in [0.29, 0.717) is 12.6 Å². The molecular weight excluding hydrogens is 188 g/mol. The quantitative estimate of drug-likeness (QED) is 0.601. The fourth-order valence-corrected chi connectivity index (χ4v) is 1.75. The van der Waals surface area contributed by atoms with Crippen molar-refractivity contribution in [3.8, 4) is 0 Å². The Hall–Kier alpha value is -0.570. The van der Waals surface area contributed by atoms with Gasteiger partial charge in [0.15, 0.2) is 0 Å². The van der Waals surface area contributed by atoms with Crippen LogP contribution in [0.1, 0.15) is 46.0 Å². The van der Waals surface area contributed by atoms with Gasteiger partial charge in [0, 0.05) is 6.04 Å². The molecule has 0 heterocycles. The Bertz CT molecular complexity index is 190.